The van der Waals surface area contributed by atoms with Gasteiger partial charge in [-0.15, -0.1) is 0 Å². The number of hydrogen-bond acceptors (Lipinski definition) is 7. The molecule has 0 saturated carbocycles. The Balaban J connectivity index is 1.18. The monoisotopic (exact) mass is 514 g/mol. The summed E-state index contributed by atoms with van der Waals surface area (Å²) < 4.78 is 1.42. The molecule has 2 N–H and O–H groups in total. The van der Waals surface area contributed by atoms with Crippen LogP contribution in [0.15, 0.2) is 29.3 Å². The summed E-state index contributed by atoms with van der Waals surface area (Å²) in [6.07, 6.45) is 6.70. The number of halogens is 1. The second-order valence-corrected chi connectivity index (χ2v) is 10.2. The molecular weight excluding hydrogens is 484 g/mol. The molecule has 11 heteroatoms. The van der Waals surface area contributed by atoms with Gasteiger partial charge in [0.25, 0.3) is 5.56 Å². The number of aliphatic hydroxyl groups is 1. The van der Waals surface area contributed by atoms with Gasteiger partial charge >= 0.3 is 0 Å². The zero-order chi connectivity index (χ0) is 25.7. The number of benzene rings is 1. The van der Waals surface area contributed by atoms with E-state index in [1.807, 2.05) is 0 Å². The number of fused-ring (bicyclic) bond motifs is 1. The molecule has 36 heavy (non-hydrogen) atoms. The molecule has 0 aliphatic carbocycles. The predicted octanol–water partition coefficient (Wildman–Crippen LogP) is 1.49. The Bertz CT molecular complexity index is 1220. The number of likely N-dealkylation sites (tertiary alicyclic amines) is 2. The molecule has 1 atom stereocenters. The number of nitrogens with one attached hydrogen (secondary N) is 1. The maximum absolute atomic E-state index is 12.8. The molecule has 2 aliphatic rings. The number of nitrogens with zero attached hydrogens (tertiary/aromatic N) is 5. The first-order chi connectivity index (χ1) is 17.3. The Labute approximate surface area is 214 Å². The quantitative estimate of drug-likeness (QED) is 0.403. The third-order valence-corrected chi connectivity index (χ3v) is 7.35. The molecule has 2 aliphatic heterocycles. The van der Waals surface area contributed by atoms with Gasteiger partial charge in [0.05, 0.1) is 35.3 Å². The van der Waals surface area contributed by atoms with E-state index in [0.29, 0.717) is 87.2 Å². The van der Waals surface area contributed by atoms with Crippen molar-refractivity contribution in [2.24, 2.45) is 5.92 Å². The molecule has 0 spiro atoms. The van der Waals surface area contributed by atoms with Crippen molar-refractivity contribution >= 4 is 34.3 Å². The highest BCUT2D eigenvalue weighted by Crippen LogP contribution is 2.25. The molecule has 1 aromatic heterocycles. The molecule has 4 rings (SSSR count). The Kier molecular flexibility index (Phi) is 8.11. The summed E-state index contributed by atoms with van der Waals surface area (Å²) in [6.45, 7) is 2.58. The van der Waals surface area contributed by atoms with Crippen LogP contribution in [0.1, 0.15) is 38.5 Å². The lowest BCUT2D eigenvalue weighted by molar-refractivity contribution is -0.136. The van der Waals surface area contributed by atoms with Gasteiger partial charge in [-0.3, -0.25) is 19.0 Å². The molecule has 10 nitrogen and oxygen atoms in total. The fourth-order valence-corrected chi connectivity index (χ4v) is 5.04. The second kappa shape index (κ2) is 11.3. The van der Waals surface area contributed by atoms with Gasteiger partial charge in [-0.2, -0.15) is 5.26 Å². The first-order valence-corrected chi connectivity index (χ1v) is 12.7. The molecule has 192 valence electrons. The topological polar surface area (TPSA) is 132 Å². The molecular formula is C25H31ClN6O4. The van der Waals surface area contributed by atoms with Crippen molar-refractivity contribution < 1.29 is 14.7 Å². The van der Waals surface area contributed by atoms with Crippen LogP contribution in [-0.4, -0.2) is 74.6 Å². The van der Waals surface area contributed by atoms with Gasteiger partial charge in [0, 0.05) is 44.2 Å². The number of aromatic nitrogens is 2. The average molecular weight is 515 g/mol. The Morgan fingerprint density at radius 2 is 2.03 bits per heavy atom. The van der Waals surface area contributed by atoms with Crippen LogP contribution in [0.2, 0.25) is 5.02 Å². The largest absolute Gasteiger partial charge is 0.388 e. The zero-order valence-corrected chi connectivity index (χ0v) is 20.9. The van der Waals surface area contributed by atoms with E-state index in [4.69, 9.17) is 16.9 Å². The highest BCUT2D eigenvalue weighted by atomic mass is 35.5. The SMILES string of the molecule is N#CN1CCC(C(=O)NCCCCC(=O)N2CCC(O)(Cn3cnc4cc(Cl)ccc4c3=O)CC2)C1. The minimum Gasteiger partial charge on any atom is -0.388 e. The Morgan fingerprint density at radius 1 is 1.25 bits per heavy atom. The molecule has 2 fully saturated rings. The number of piperidine rings is 1. The van der Waals surface area contributed by atoms with Crippen LogP contribution < -0.4 is 10.9 Å². The van der Waals surface area contributed by atoms with Crippen molar-refractivity contribution in [2.45, 2.75) is 50.7 Å². The van der Waals surface area contributed by atoms with Crippen LogP contribution in [-0.2, 0) is 16.1 Å². The maximum atomic E-state index is 12.8. The number of rotatable bonds is 8. The standard InChI is InChI=1S/C25H31ClN6O4/c26-19-4-5-20-21(13-19)29-17-32(24(20)35)15-25(36)7-11-31(12-8-25)22(33)3-1-2-9-28-23(34)18-6-10-30(14-18)16-27/h4-5,13,17-18,36H,1-3,6-12,14-15H2,(H,28,34). The van der Waals surface area contributed by atoms with Crippen molar-refractivity contribution in [3.8, 4) is 6.19 Å². The second-order valence-electron chi connectivity index (χ2n) is 9.72. The Morgan fingerprint density at radius 3 is 2.75 bits per heavy atom. The number of nitriles is 1. The van der Waals surface area contributed by atoms with E-state index in [-0.39, 0.29) is 29.8 Å². The van der Waals surface area contributed by atoms with Gasteiger partial charge < -0.3 is 20.2 Å². The summed E-state index contributed by atoms with van der Waals surface area (Å²) in [7, 11) is 0. The molecule has 0 radical (unpaired) electrons. The highest BCUT2D eigenvalue weighted by Gasteiger charge is 2.34. The fourth-order valence-electron chi connectivity index (χ4n) is 4.87. The molecule has 1 aromatic carbocycles. The van der Waals surface area contributed by atoms with Crippen LogP contribution in [0.4, 0.5) is 0 Å². The summed E-state index contributed by atoms with van der Waals surface area (Å²) in [5, 5.41) is 23.8. The third kappa shape index (κ3) is 6.15. The maximum Gasteiger partial charge on any atom is 0.261 e. The molecule has 2 amide bonds. The van der Waals surface area contributed by atoms with Gasteiger partial charge in [0.15, 0.2) is 6.19 Å². The summed E-state index contributed by atoms with van der Waals surface area (Å²) >= 11 is 5.97. The molecule has 1 unspecified atom stereocenters. The third-order valence-electron chi connectivity index (χ3n) is 7.12. The number of unbranched alkanes of at least 4 members (excludes halogenated alkanes) is 1. The van der Waals surface area contributed by atoms with Gasteiger partial charge in [-0.05, 0) is 50.3 Å². The highest BCUT2D eigenvalue weighted by molar-refractivity contribution is 6.31. The lowest BCUT2D eigenvalue weighted by Gasteiger charge is -2.38. The molecule has 2 aromatic rings. The van der Waals surface area contributed by atoms with Crippen molar-refractivity contribution in [1.29, 1.82) is 5.26 Å². The molecule has 2 saturated heterocycles. The van der Waals surface area contributed by atoms with Crippen molar-refractivity contribution in [1.82, 2.24) is 24.7 Å². The van der Waals surface area contributed by atoms with E-state index in [2.05, 4.69) is 16.5 Å². The first kappa shape index (κ1) is 25.9. The van der Waals surface area contributed by atoms with Crippen molar-refractivity contribution in [3.05, 3.63) is 39.9 Å². The minimum absolute atomic E-state index is 0.0288. The van der Waals surface area contributed by atoms with E-state index >= 15 is 0 Å². The average Bonchev–Trinajstić information content (AvgIpc) is 3.35. The van der Waals surface area contributed by atoms with E-state index in [1.165, 1.54) is 10.9 Å². The predicted molar refractivity (Wildman–Crippen MR) is 134 cm³/mol. The van der Waals surface area contributed by atoms with E-state index in [9.17, 15) is 19.5 Å². The van der Waals surface area contributed by atoms with Crippen LogP contribution in [0.3, 0.4) is 0 Å². The molecule has 3 heterocycles. The zero-order valence-electron chi connectivity index (χ0n) is 20.2. The number of carbonyl (C=O) groups is 2. The fraction of sp³-hybridized carbons (Fsp3) is 0.560. The van der Waals surface area contributed by atoms with Crippen molar-refractivity contribution in [3.63, 3.8) is 0 Å². The van der Waals surface area contributed by atoms with Crippen LogP contribution in [0.5, 0.6) is 0 Å². The minimum atomic E-state index is -1.09. The number of hydrogen-bond donors (Lipinski definition) is 2. The van der Waals surface area contributed by atoms with E-state index in [0.717, 1.165) is 0 Å². The van der Waals surface area contributed by atoms with Gasteiger partial charge in [0.1, 0.15) is 0 Å². The summed E-state index contributed by atoms with van der Waals surface area (Å²) in [5.74, 6) is -0.137. The van der Waals surface area contributed by atoms with E-state index < -0.39 is 5.60 Å². The van der Waals surface area contributed by atoms with E-state index in [1.54, 1.807) is 28.0 Å². The van der Waals surface area contributed by atoms with Crippen LogP contribution in [0, 0.1) is 17.4 Å². The molecule has 0 bridgehead atoms. The van der Waals surface area contributed by atoms with Crippen LogP contribution in [0.25, 0.3) is 10.9 Å². The van der Waals surface area contributed by atoms with Gasteiger partial charge in [-0.25, -0.2) is 4.98 Å². The normalized spacial score (nSPS) is 19.3. The smallest absolute Gasteiger partial charge is 0.261 e. The van der Waals surface area contributed by atoms with Gasteiger partial charge in [-0.1, -0.05) is 11.6 Å². The summed E-state index contributed by atoms with van der Waals surface area (Å²) in [6, 6.07) is 4.91. The van der Waals surface area contributed by atoms with Crippen LogP contribution >= 0.6 is 11.6 Å². The number of amides is 2. The van der Waals surface area contributed by atoms with Crippen molar-refractivity contribution in [2.75, 3.05) is 32.7 Å². The summed E-state index contributed by atoms with van der Waals surface area (Å²) in [5.41, 5.74) is -0.806. The van der Waals surface area contributed by atoms with Gasteiger partial charge in [0.2, 0.25) is 11.8 Å². The Hall–Kier alpha value is -3.16. The summed E-state index contributed by atoms with van der Waals surface area (Å²) in [4.78, 5) is 45.2. The lowest BCUT2D eigenvalue weighted by atomic mass is 9.91. The number of carbonyl (C=O) groups excluding carboxylic acids is 2. The first-order valence-electron chi connectivity index (χ1n) is 12.4. The lowest BCUT2D eigenvalue weighted by Crippen LogP contribution is -2.49.